The van der Waals surface area contributed by atoms with Crippen LogP contribution in [0.5, 0.6) is 0 Å². The number of nitrogens with two attached hydrogens (primary N) is 1. The van der Waals surface area contributed by atoms with Gasteiger partial charge >= 0.3 is 6.03 Å². The van der Waals surface area contributed by atoms with Crippen molar-refractivity contribution in [3.8, 4) is 0 Å². The maximum Gasteiger partial charge on any atom is 0.339 e. The fourth-order valence-electron chi connectivity index (χ4n) is 4.89. The lowest BCUT2D eigenvalue weighted by atomic mass is 9.88. The minimum Gasteiger partial charge on any atom is -0.381 e. The van der Waals surface area contributed by atoms with Gasteiger partial charge in [-0.3, -0.25) is 9.69 Å². The van der Waals surface area contributed by atoms with E-state index < -0.39 is 23.1 Å². The number of hydrogen-bond acceptors (Lipinski definition) is 5. The van der Waals surface area contributed by atoms with Gasteiger partial charge in [0.05, 0.1) is 24.0 Å². The molecule has 2 N–H and O–H groups in total. The minimum absolute atomic E-state index is 0.189. The molecule has 28 heavy (non-hydrogen) atoms. The first-order chi connectivity index (χ1) is 13.2. The van der Waals surface area contributed by atoms with Gasteiger partial charge in [-0.15, -0.1) is 0 Å². The molecule has 2 saturated heterocycles. The Morgan fingerprint density at radius 2 is 1.89 bits per heavy atom. The molecule has 0 spiro atoms. The number of likely N-dealkylation sites (tertiary alicyclic amines) is 1. The molecule has 0 radical (unpaired) electrons. The van der Waals surface area contributed by atoms with Crippen molar-refractivity contribution in [2.75, 3.05) is 26.3 Å². The summed E-state index contributed by atoms with van der Waals surface area (Å²) in [5.74, 6) is -0.503. The van der Waals surface area contributed by atoms with Crippen LogP contribution in [0.25, 0.3) is 0 Å². The highest BCUT2D eigenvalue weighted by molar-refractivity contribution is 5.87. The van der Waals surface area contributed by atoms with E-state index in [2.05, 4.69) is 10.00 Å². The van der Waals surface area contributed by atoms with Crippen LogP contribution < -0.4 is 5.73 Å². The Hall–Kier alpha value is -2.00. The van der Waals surface area contributed by atoms with E-state index in [-0.39, 0.29) is 19.4 Å². The largest absolute Gasteiger partial charge is 0.381 e. The second-order valence-electron chi connectivity index (χ2n) is 8.56. The fraction of sp³-hybridized carbons (Fsp3) is 0.737. The lowest BCUT2D eigenvalue weighted by Gasteiger charge is -2.43. The Morgan fingerprint density at radius 3 is 2.50 bits per heavy atom. The summed E-state index contributed by atoms with van der Waals surface area (Å²) < 4.78 is 22.3. The van der Waals surface area contributed by atoms with Gasteiger partial charge in [-0.05, 0) is 26.7 Å². The highest BCUT2D eigenvalue weighted by atomic mass is 19.1. The quantitative estimate of drug-likeness (QED) is 0.819. The normalized spacial score (nSPS) is 24.9. The zero-order valence-electron chi connectivity index (χ0n) is 16.5. The average Bonchev–Trinajstić information content (AvgIpc) is 3.21. The molecule has 0 aromatic carbocycles. The highest BCUT2D eigenvalue weighted by Gasteiger charge is 2.52. The molecule has 3 aliphatic rings. The molecule has 4 heterocycles. The van der Waals surface area contributed by atoms with E-state index in [0.29, 0.717) is 24.8 Å². The van der Waals surface area contributed by atoms with Crippen molar-refractivity contribution >= 4 is 11.9 Å². The number of hydrogen-bond donors (Lipinski definition) is 1. The molecule has 1 aromatic rings. The van der Waals surface area contributed by atoms with Crippen molar-refractivity contribution in [3.63, 3.8) is 0 Å². The molecule has 2 fully saturated rings. The number of fused-ring (bicyclic) bond motifs is 1. The number of piperidine rings is 1. The summed E-state index contributed by atoms with van der Waals surface area (Å²) in [6.45, 7) is 6.49. The van der Waals surface area contributed by atoms with Crippen molar-refractivity contribution in [2.45, 2.75) is 63.3 Å². The summed E-state index contributed by atoms with van der Waals surface area (Å²) in [6.07, 6.45) is 3.84. The fourth-order valence-corrected chi connectivity index (χ4v) is 4.89. The van der Waals surface area contributed by atoms with E-state index in [0.717, 1.165) is 36.3 Å². The first-order valence-electron chi connectivity index (χ1n) is 9.94. The number of ether oxygens (including phenoxy) is 1. The number of aromatic nitrogens is 2. The van der Waals surface area contributed by atoms with Crippen LogP contribution in [-0.4, -0.2) is 69.5 Å². The van der Waals surface area contributed by atoms with E-state index in [4.69, 9.17) is 10.5 Å². The van der Waals surface area contributed by atoms with Gasteiger partial charge in [0.25, 0.3) is 5.91 Å². The van der Waals surface area contributed by atoms with Gasteiger partial charge in [-0.25, -0.2) is 9.18 Å². The molecule has 8 nitrogen and oxygen atoms in total. The number of nitrogens with zero attached hydrogens (tertiary/aromatic N) is 4. The Morgan fingerprint density at radius 1 is 1.25 bits per heavy atom. The number of alkyl halides is 1. The molecule has 0 aliphatic carbocycles. The third-order valence-corrected chi connectivity index (χ3v) is 6.56. The molecule has 2 amide bonds. The van der Waals surface area contributed by atoms with Crippen molar-refractivity contribution in [1.29, 1.82) is 0 Å². The molecule has 154 valence electrons. The number of carbonyl (C=O) groups is 2. The molecule has 1 aromatic heterocycles. The van der Waals surface area contributed by atoms with Crippen LogP contribution >= 0.6 is 0 Å². The summed E-state index contributed by atoms with van der Waals surface area (Å²) >= 11 is 0. The number of amides is 2. The third-order valence-electron chi connectivity index (χ3n) is 6.56. The Labute approximate surface area is 163 Å². The van der Waals surface area contributed by atoms with Gasteiger partial charge in [0.2, 0.25) is 0 Å². The maximum atomic E-state index is 15.7. The van der Waals surface area contributed by atoms with Crippen molar-refractivity contribution in [2.24, 2.45) is 5.73 Å². The summed E-state index contributed by atoms with van der Waals surface area (Å²) in [6, 6.07) is -0.286. The zero-order valence-corrected chi connectivity index (χ0v) is 16.5. The SMILES string of the molecule is CC1(C)c2c(cnn2C(N)=O)CN1C(=O)C1(F)CCN(C2CCOCC2)CC1. The lowest BCUT2D eigenvalue weighted by Crippen LogP contribution is -2.56. The van der Waals surface area contributed by atoms with E-state index >= 15 is 4.39 Å². The molecule has 0 saturated carbocycles. The van der Waals surface area contributed by atoms with Gasteiger partial charge in [0.1, 0.15) is 0 Å². The second-order valence-corrected chi connectivity index (χ2v) is 8.56. The van der Waals surface area contributed by atoms with Crippen LogP contribution in [0.4, 0.5) is 9.18 Å². The molecule has 9 heteroatoms. The molecular weight excluding hydrogens is 365 g/mol. The number of primary amides is 1. The minimum atomic E-state index is -1.88. The third kappa shape index (κ3) is 3.00. The first-order valence-corrected chi connectivity index (χ1v) is 9.94. The molecule has 0 unspecified atom stereocenters. The van der Waals surface area contributed by atoms with Crippen molar-refractivity contribution in [3.05, 3.63) is 17.5 Å². The first kappa shape index (κ1) is 19.3. The Bertz CT molecular complexity index is 779. The van der Waals surface area contributed by atoms with Gasteiger partial charge < -0.3 is 15.4 Å². The molecular formula is C19H28FN5O3. The van der Waals surface area contributed by atoms with E-state index in [9.17, 15) is 9.59 Å². The van der Waals surface area contributed by atoms with E-state index in [1.807, 2.05) is 0 Å². The van der Waals surface area contributed by atoms with Gasteiger partial charge in [0, 0.05) is 50.8 Å². The van der Waals surface area contributed by atoms with Crippen LogP contribution in [0.3, 0.4) is 0 Å². The number of halogens is 1. The summed E-state index contributed by atoms with van der Waals surface area (Å²) in [5.41, 5.74) is 3.97. The Balaban J connectivity index is 1.48. The van der Waals surface area contributed by atoms with Crippen LogP contribution in [0.2, 0.25) is 0 Å². The van der Waals surface area contributed by atoms with E-state index in [1.54, 1.807) is 13.8 Å². The summed E-state index contributed by atoms with van der Waals surface area (Å²) in [7, 11) is 0. The predicted molar refractivity (Wildman–Crippen MR) is 99.3 cm³/mol. The average molecular weight is 393 g/mol. The van der Waals surface area contributed by atoms with Crippen LogP contribution in [0, 0.1) is 0 Å². The molecule has 4 rings (SSSR count). The van der Waals surface area contributed by atoms with Crippen LogP contribution in [0.15, 0.2) is 6.20 Å². The second kappa shape index (κ2) is 6.81. The summed E-state index contributed by atoms with van der Waals surface area (Å²) in [5, 5.41) is 4.01. The number of rotatable bonds is 2. The molecule has 0 bridgehead atoms. The van der Waals surface area contributed by atoms with Crippen LogP contribution in [-0.2, 0) is 21.6 Å². The smallest absolute Gasteiger partial charge is 0.339 e. The van der Waals surface area contributed by atoms with Gasteiger partial charge in [-0.1, -0.05) is 0 Å². The topological polar surface area (TPSA) is 93.7 Å². The maximum absolute atomic E-state index is 15.7. The monoisotopic (exact) mass is 393 g/mol. The summed E-state index contributed by atoms with van der Waals surface area (Å²) in [4.78, 5) is 28.7. The van der Waals surface area contributed by atoms with Gasteiger partial charge in [0.15, 0.2) is 5.67 Å². The zero-order chi connectivity index (χ0) is 20.1. The molecule has 0 atom stereocenters. The van der Waals surface area contributed by atoms with Crippen molar-refractivity contribution in [1.82, 2.24) is 19.6 Å². The lowest BCUT2D eigenvalue weighted by molar-refractivity contribution is -0.154. The highest BCUT2D eigenvalue weighted by Crippen LogP contribution is 2.42. The van der Waals surface area contributed by atoms with Crippen molar-refractivity contribution < 1.29 is 18.7 Å². The molecule has 3 aliphatic heterocycles. The van der Waals surface area contributed by atoms with Crippen LogP contribution in [0.1, 0.15) is 50.8 Å². The predicted octanol–water partition coefficient (Wildman–Crippen LogP) is 1.37. The number of carbonyl (C=O) groups excluding carboxylic acids is 2. The van der Waals surface area contributed by atoms with E-state index in [1.165, 1.54) is 11.1 Å². The Kier molecular flexibility index (Phi) is 4.70. The van der Waals surface area contributed by atoms with Gasteiger partial charge in [-0.2, -0.15) is 9.78 Å². The standard InChI is InChI=1S/C19H28FN5O3/c1-18(2)15-13(11-22-25(15)17(21)27)12-24(18)16(26)19(20)5-7-23(8-6-19)14-3-9-28-10-4-14/h11,14H,3-10,12H2,1-2H3,(H2,21,27).